The van der Waals surface area contributed by atoms with Gasteiger partial charge in [0.1, 0.15) is 17.7 Å². The molecule has 1 fully saturated rings. The van der Waals surface area contributed by atoms with Crippen molar-refractivity contribution in [3.63, 3.8) is 0 Å². The van der Waals surface area contributed by atoms with E-state index >= 15 is 0 Å². The lowest BCUT2D eigenvalue weighted by Gasteiger charge is -2.24. The molecule has 1 aliphatic rings. The van der Waals surface area contributed by atoms with Gasteiger partial charge in [0.05, 0.1) is 0 Å². The van der Waals surface area contributed by atoms with Crippen molar-refractivity contribution in [1.29, 1.82) is 0 Å². The minimum Gasteiger partial charge on any atom is -0.506 e. The predicted octanol–water partition coefficient (Wildman–Crippen LogP) is 1.18. The number of carbonyl (C=O) groups is 3. The Kier molecular flexibility index (Phi) is 8.25. The summed E-state index contributed by atoms with van der Waals surface area (Å²) in [7, 11) is 0. The second-order valence-electron chi connectivity index (χ2n) is 7.53. The third-order valence-electron chi connectivity index (χ3n) is 5.25. The Hall–Kier alpha value is -3.04. The first kappa shape index (κ1) is 23.2. The normalized spacial score (nSPS) is 14.3. The number of aliphatic carboxylic acids is 1. The average molecular weight is 423 g/mol. The van der Waals surface area contributed by atoms with Crippen LogP contribution >= 0.6 is 0 Å². The van der Waals surface area contributed by atoms with Gasteiger partial charge < -0.3 is 26.0 Å². The molecule has 1 aromatic rings. The maximum atomic E-state index is 13.0. The zero-order valence-corrected chi connectivity index (χ0v) is 17.1. The third-order valence-corrected chi connectivity index (χ3v) is 5.25. The van der Waals surface area contributed by atoms with Crippen LogP contribution in [0.3, 0.4) is 0 Å². The quantitative estimate of drug-likeness (QED) is 0.373. The number of nitrogens with zero attached hydrogens (tertiary/aromatic N) is 1. The van der Waals surface area contributed by atoms with E-state index in [1.54, 1.807) is 0 Å². The van der Waals surface area contributed by atoms with Crippen LogP contribution in [0.25, 0.3) is 0 Å². The van der Waals surface area contributed by atoms with Crippen molar-refractivity contribution in [2.75, 3.05) is 13.1 Å². The standard InChI is InChI=1S/C20H29N3O7/c1-2-3-9-21-17(27)14-16(26)15(18(28)22-10-13(24)25)20(30)23(19(14)29)11-12-7-5-4-6-8-12/h12,26,30H,2-11H2,1H3,(H,21,27)(H,22,28)(H,24,25). The molecule has 10 nitrogen and oxygen atoms in total. The topological polar surface area (TPSA) is 158 Å². The molecule has 1 heterocycles. The lowest BCUT2D eigenvalue weighted by Crippen LogP contribution is -2.37. The molecule has 166 valence electrons. The van der Waals surface area contributed by atoms with E-state index in [4.69, 9.17) is 5.11 Å². The van der Waals surface area contributed by atoms with E-state index in [1.165, 1.54) is 0 Å². The smallest absolute Gasteiger partial charge is 0.322 e. The summed E-state index contributed by atoms with van der Waals surface area (Å²) in [6, 6.07) is 0. The average Bonchev–Trinajstić information content (AvgIpc) is 2.70. The van der Waals surface area contributed by atoms with Crippen LogP contribution in [-0.2, 0) is 11.3 Å². The molecule has 2 amide bonds. The van der Waals surface area contributed by atoms with Crippen LogP contribution in [0.4, 0.5) is 0 Å². The first-order valence-corrected chi connectivity index (χ1v) is 10.2. The summed E-state index contributed by atoms with van der Waals surface area (Å²) in [5.74, 6) is -4.93. The van der Waals surface area contributed by atoms with E-state index in [2.05, 4.69) is 5.32 Å². The summed E-state index contributed by atoms with van der Waals surface area (Å²) >= 11 is 0. The molecular formula is C20H29N3O7. The summed E-state index contributed by atoms with van der Waals surface area (Å²) in [4.78, 5) is 48.7. The monoisotopic (exact) mass is 423 g/mol. The SMILES string of the molecule is CCCCNC(=O)c1c(O)c(C(=O)NCC(=O)O)c(O)n(CC2CCCCC2)c1=O. The maximum absolute atomic E-state index is 13.0. The van der Waals surface area contributed by atoms with E-state index in [-0.39, 0.29) is 19.0 Å². The zero-order valence-electron chi connectivity index (χ0n) is 17.1. The number of hydrogen-bond acceptors (Lipinski definition) is 6. The molecule has 1 aromatic heterocycles. The fourth-order valence-electron chi connectivity index (χ4n) is 3.62. The number of amides is 2. The molecule has 0 spiro atoms. The molecule has 0 saturated heterocycles. The lowest BCUT2D eigenvalue weighted by molar-refractivity contribution is -0.135. The summed E-state index contributed by atoms with van der Waals surface area (Å²) < 4.78 is 0.931. The van der Waals surface area contributed by atoms with Gasteiger partial charge in [0.15, 0.2) is 5.75 Å². The highest BCUT2D eigenvalue weighted by Crippen LogP contribution is 2.31. The fraction of sp³-hybridized carbons (Fsp3) is 0.600. The highest BCUT2D eigenvalue weighted by molar-refractivity contribution is 6.05. The van der Waals surface area contributed by atoms with E-state index in [0.717, 1.165) is 43.1 Å². The van der Waals surface area contributed by atoms with Gasteiger partial charge in [-0.1, -0.05) is 32.6 Å². The van der Waals surface area contributed by atoms with Gasteiger partial charge in [-0.2, -0.15) is 0 Å². The summed E-state index contributed by atoms with van der Waals surface area (Å²) in [6.45, 7) is 1.54. The predicted molar refractivity (Wildman–Crippen MR) is 108 cm³/mol. The molecule has 0 aromatic carbocycles. The van der Waals surface area contributed by atoms with E-state index in [0.29, 0.717) is 6.42 Å². The van der Waals surface area contributed by atoms with Crippen LogP contribution in [0.15, 0.2) is 4.79 Å². The maximum Gasteiger partial charge on any atom is 0.322 e. The van der Waals surface area contributed by atoms with E-state index in [9.17, 15) is 29.4 Å². The minimum atomic E-state index is -1.32. The first-order valence-electron chi connectivity index (χ1n) is 10.2. The number of aromatic hydroxyl groups is 2. The second kappa shape index (κ2) is 10.7. The van der Waals surface area contributed by atoms with Crippen LogP contribution < -0.4 is 16.2 Å². The van der Waals surface area contributed by atoms with Gasteiger partial charge in [-0.05, 0) is 25.2 Å². The van der Waals surface area contributed by atoms with Crippen LogP contribution in [0.2, 0.25) is 0 Å². The highest BCUT2D eigenvalue weighted by atomic mass is 16.4. The van der Waals surface area contributed by atoms with Crippen LogP contribution in [0.1, 0.15) is 72.6 Å². The first-order chi connectivity index (χ1) is 14.3. The van der Waals surface area contributed by atoms with Crippen molar-refractivity contribution < 1.29 is 29.7 Å². The number of pyridine rings is 1. The van der Waals surface area contributed by atoms with E-state index in [1.807, 2.05) is 12.2 Å². The van der Waals surface area contributed by atoms with Gasteiger partial charge in [0.2, 0.25) is 5.88 Å². The molecule has 0 bridgehead atoms. The van der Waals surface area contributed by atoms with Crippen molar-refractivity contribution in [2.45, 2.75) is 58.4 Å². The van der Waals surface area contributed by atoms with Gasteiger partial charge >= 0.3 is 5.97 Å². The molecule has 1 aliphatic carbocycles. The Labute approximate surface area is 173 Å². The summed E-state index contributed by atoms with van der Waals surface area (Å²) in [6.07, 6.45) is 6.18. The number of aromatic nitrogens is 1. The molecular weight excluding hydrogens is 394 g/mol. The number of carboxylic acid groups (broad SMARTS) is 1. The Morgan fingerprint density at radius 2 is 1.67 bits per heavy atom. The Morgan fingerprint density at radius 3 is 2.27 bits per heavy atom. The molecule has 1 saturated carbocycles. The number of hydrogen-bond donors (Lipinski definition) is 5. The largest absolute Gasteiger partial charge is 0.506 e. The van der Waals surface area contributed by atoms with Crippen molar-refractivity contribution >= 4 is 17.8 Å². The molecule has 0 aliphatic heterocycles. The Morgan fingerprint density at radius 1 is 1.03 bits per heavy atom. The van der Waals surface area contributed by atoms with Gasteiger partial charge in [-0.15, -0.1) is 0 Å². The van der Waals surface area contributed by atoms with Gasteiger partial charge in [0.25, 0.3) is 17.4 Å². The van der Waals surface area contributed by atoms with Crippen LogP contribution in [0, 0.1) is 5.92 Å². The van der Waals surface area contributed by atoms with Crippen molar-refractivity contribution in [3.8, 4) is 11.6 Å². The van der Waals surface area contributed by atoms with Crippen LogP contribution in [-0.4, -0.2) is 50.8 Å². The van der Waals surface area contributed by atoms with Gasteiger partial charge in [-0.3, -0.25) is 23.7 Å². The molecule has 0 radical (unpaired) electrons. The number of nitrogens with one attached hydrogen (secondary N) is 2. The van der Waals surface area contributed by atoms with Crippen LogP contribution in [0.5, 0.6) is 11.6 Å². The number of unbranched alkanes of at least 4 members (excludes halogenated alkanes) is 1. The van der Waals surface area contributed by atoms with E-state index < -0.39 is 52.6 Å². The summed E-state index contributed by atoms with van der Waals surface area (Å²) in [5.41, 5.74) is -2.22. The molecule has 0 atom stereocenters. The Balaban J connectivity index is 2.50. The highest BCUT2D eigenvalue weighted by Gasteiger charge is 2.30. The second-order valence-corrected chi connectivity index (χ2v) is 7.53. The van der Waals surface area contributed by atoms with Crippen molar-refractivity contribution in [2.24, 2.45) is 5.92 Å². The Bertz CT molecular complexity index is 857. The lowest BCUT2D eigenvalue weighted by atomic mass is 9.89. The molecule has 10 heteroatoms. The number of carboxylic acids is 1. The zero-order chi connectivity index (χ0) is 22.3. The molecule has 0 unspecified atom stereocenters. The molecule has 5 N–H and O–H groups in total. The summed E-state index contributed by atoms with van der Waals surface area (Å²) in [5, 5.41) is 34.4. The van der Waals surface area contributed by atoms with Crippen molar-refractivity contribution in [1.82, 2.24) is 15.2 Å². The van der Waals surface area contributed by atoms with Gasteiger partial charge in [-0.25, -0.2) is 0 Å². The molecule has 2 rings (SSSR count). The van der Waals surface area contributed by atoms with Gasteiger partial charge in [0, 0.05) is 13.1 Å². The number of rotatable bonds is 9. The third kappa shape index (κ3) is 5.52. The molecule has 30 heavy (non-hydrogen) atoms. The minimum absolute atomic E-state index is 0.0813. The fourth-order valence-corrected chi connectivity index (χ4v) is 3.62. The number of carbonyl (C=O) groups excluding carboxylic acids is 2. The van der Waals surface area contributed by atoms with Crippen molar-refractivity contribution in [3.05, 3.63) is 21.5 Å².